The van der Waals surface area contributed by atoms with Crippen LogP contribution in [0.2, 0.25) is 0 Å². The maximum Gasteiger partial charge on any atom is 0.311 e. The van der Waals surface area contributed by atoms with Gasteiger partial charge in [-0.25, -0.2) is 0 Å². The summed E-state index contributed by atoms with van der Waals surface area (Å²) in [6, 6.07) is 11.3. The number of hydrogen-bond donors (Lipinski definition) is 0. The number of hydrogen-bond acceptors (Lipinski definition) is 6. The predicted molar refractivity (Wildman–Crippen MR) is 119 cm³/mol. The Labute approximate surface area is 187 Å². The molecular weight excluding hydrogens is 408 g/mol. The van der Waals surface area contributed by atoms with Gasteiger partial charge in [0.05, 0.1) is 5.56 Å². The third-order valence-corrected chi connectivity index (χ3v) is 5.51. The van der Waals surface area contributed by atoms with Gasteiger partial charge in [0.15, 0.2) is 0 Å². The number of esters is 2. The number of rotatable bonds is 8. The molecule has 0 aliphatic heterocycles. The molecule has 0 radical (unpaired) electrons. The third kappa shape index (κ3) is 4.09. The Morgan fingerprint density at radius 2 is 1.44 bits per heavy atom. The van der Waals surface area contributed by atoms with Gasteiger partial charge in [-0.2, -0.15) is 0 Å². The molecule has 0 heterocycles. The number of carbonyl (C=O) groups is 4. The maximum absolute atomic E-state index is 13.6. The van der Waals surface area contributed by atoms with E-state index in [0.717, 1.165) is 5.56 Å². The van der Waals surface area contributed by atoms with E-state index in [1.807, 2.05) is 20.8 Å². The van der Waals surface area contributed by atoms with Gasteiger partial charge >= 0.3 is 11.9 Å². The van der Waals surface area contributed by atoms with Crippen LogP contribution in [0.5, 0.6) is 5.75 Å². The number of Topliss-reactive ketones (excluding diaryl/α,β-unsaturated/α-hetero) is 2. The maximum atomic E-state index is 13.6. The van der Waals surface area contributed by atoms with Crippen molar-refractivity contribution in [1.29, 1.82) is 0 Å². The fourth-order valence-electron chi connectivity index (χ4n) is 3.83. The molecule has 0 saturated heterocycles. The van der Waals surface area contributed by atoms with Crippen LogP contribution in [0.4, 0.5) is 0 Å². The molecule has 32 heavy (non-hydrogen) atoms. The van der Waals surface area contributed by atoms with Gasteiger partial charge < -0.3 is 9.47 Å². The summed E-state index contributed by atoms with van der Waals surface area (Å²) in [7, 11) is 0. The van der Waals surface area contributed by atoms with E-state index in [1.54, 1.807) is 37.3 Å². The van der Waals surface area contributed by atoms with Gasteiger partial charge in [0, 0.05) is 24.0 Å². The lowest BCUT2D eigenvalue weighted by atomic mass is 9.86. The van der Waals surface area contributed by atoms with E-state index in [0.29, 0.717) is 12.8 Å². The Bertz CT molecular complexity index is 1030. The highest BCUT2D eigenvalue weighted by molar-refractivity contribution is 6.32. The molecule has 1 aliphatic carbocycles. The Hall–Kier alpha value is -3.28. The van der Waals surface area contributed by atoms with Gasteiger partial charge in [0.1, 0.15) is 5.75 Å². The van der Waals surface area contributed by atoms with Crippen LogP contribution in [-0.4, -0.2) is 23.5 Å². The lowest BCUT2D eigenvalue weighted by molar-refractivity contribution is -0.152. The van der Waals surface area contributed by atoms with Crippen LogP contribution in [0.15, 0.2) is 42.5 Å². The second-order valence-electron chi connectivity index (χ2n) is 8.24. The van der Waals surface area contributed by atoms with Crippen LogP contribution < -0.4 is 4.74 Å². The summed E-state index contributed by atoms with van der Waals surface area (Å²) < 4.78 is 11.3. The standard InChI is InChI=1S/C26H28O6/c1-5-9-22(27)31-21-15-17(16(3)4)13-14-20(21)26(32-23(28)10-6-2)24(29)18-11-7-8-12-19(18)25(26)30/h7-8,11-16H,5-6,9-10H2,1-4H3. The number of carbonyl (C=O) groups excluding carboxylic acids is 4. The minimum absolute atomic E-state index is 0.0493. The summed E-state index contributed by atoms with van der Waals surface area (Å²) in [5.74, 6) is -2.24. The molecule has 2 aromatic carbocycles. The van der Waals surface area contributed by atoms with Gasteiger partial charge in [0.2, 0.25) is 11.6 Å². The molecule has 0 amide bonds. The minimum atomic E-state index is -2.22. The van der Waals surface area contributed by atoms with E-state index in [1.165, 1.54) is 12.1 Å². The SMILES string of the molecule is CCCC(=O)Oc1cc(C(C)C)ccc1C1(OC(=O)CCC)C(=O)c2ccccc2C1=O. The van der Waals surface area contributed by atoms with E-state index in [4.69, 9.17) is 9.47 Å². The fraction of sp³-hybridized carbons (Fsp3) is 0.385. The van der Waals surface area contributed by atoms with Crippen LogP contribution in [0.25, 0.3) is 0 Å². The summed E-state index contributed by atoms with van der Waals surface area (Å²) in [5.41, 5.74) is -0.922. The first-order valence-corrected chi connectivity index (χ1v) is 11.0. The van der Waals surface area contributed by atoms with Crippen molar-refractivity contribution in [3.63, 3.8) is 0 Å². The van der Waals surface area contributed by atoms with Crippen molar-refractivity contribution in [1.82, 2.24) is 0 Å². The number of fused-ring (bicyclic) bond motifs is 1. The van der Waals surface area contributed by atoms with E-state index < -0.39 is 29.1 Å². The van der Waals surface area contributed by atoms with Crippen molar-refractivity contribution in [2.45, 2.75) is 64.9 Å². The van der Waals surface area contributed by atoms with Crippen molar-refractivity contribution in [3.8, 4) is 5.75 Å². The first-order chi connectivity index (χ1) is 15.3. The van der Waals surface area contributed by atoms with E-state index in [2.05, 4.69) is 0 Å². The fourth-order valence-corrected chi connectivity index (χ4v) is 3.83. The van der Waals surface area contributed by atoms with Crippen molar-refractivity contribution in [3.05, 3.63) is 64.7 Å². The molecule has 1 aliphatic rings. The first kappa shape index (κ1) is 23.4. The molecule has 3 rings (SSSR count). The van der Waals surface area contributed by atoms with Gasteiger partial charge in [-0.05, 0) is 36.5 Å². The van der Waals surface area contributed by atoms with Gasteiger partial charge in [-0.3, -0.25) is 19.2 Å². The van der Waals surface area contributed by atoms with E-state index in [9.17, 15) is 19.2 Å². The van der Waals surface area contributed by atoms with Crippen molar-refractivity contribution in [2.24, 2.45) is 0 Å². The van der Waals surface area contributed by atoms with Crippen LogP contribution in [0.1, 0.15) is 91.1 Å². The van der Waals surface area contributed by atoms with Crippen LogP contribution in [0.3, 0.4) is 0 Å². The van der Waals surface area contributed by atoms with Gasteiger partial charge in [-0.1, -0.05) is 58.0 Å². The summed E-state index contributed by atoms with van der Waals surface area (Å²) in [5, 5.41) is 0. The molecule has 0 spiro atoms. The topological polar surface area (TPSA) is 86.7 Å². The molecule has 168 valence electrons. The lowest BCUT2D eigenvalue weighted by Gasteiger charge is -2.28. The largest absolute Gasteiger partial charge is 0.437 e. The highest BCUT2D eigenvalue weighted by Crippen LogP contribution is 2.45. The molecule has 6 heteroatoms. The molecule has 0 bridgehead atoms. The van der Waals surface area contributed by atoms with Crippen LogP contribution in [0, 0.1) is 0 Å². The average molecular weight is 437 g/mol. The van der Waals surface area contributed by atoms with Crippen LogP contribution in [-0.2, 0) is 19.9 Å². The average Bonchev–Trinajstić information content (AvgIpc) is 2.96. The number of ketones is 2. The lowest BCUT2D eigenvalue weighted by Crippen LogP contribution is -2.43. The monoisotopic (exact) mass is 436 g/mol. The highest BCUT2D eigenvalue weighted by Gasteiger charge is 2.59. The molecule has 0 atom stereocenters. The van der Waals surface area contributed by atoms with Crippen molar-refractivity contribution in [2.75, 3.05) is 0 Å². The smallest absolute Gasteiger partial charge is 0.311 e. The van der Waals surface area contributed by atoms with E-state index in [-0.39, 0.29) is 41.2 Å². The molecular formula is C26H28O6. The molecule has 0 unspecified atom stereocenters. The summed E-state index contributed by atoms with van der Waals surface area (Å²) in [6.45, 7) is 7.61. The summed E-state index contributed by atoms with van der Waals surface area (Å²) in [6.07, 6.45) is 1.30. The van der Waals surface area contributed by atoms with Crippen molar-refractivity contribution < 1.29 is 28.7 Å². The molecule has 2 aromatic rings. The number of ether oxygens (including phenoxy) is 2. The zero-order chi connectivity index (χ0) is 23.5. The molecule has 0 saturated carbocycles. The Kier molecular flexibility index (Phi) is 6.92. The zero-order valence-electron chi connectivity index (χ0n) is 18.9. The second-order valence-corrected chi connectivity index (χ2v) is 8.24. The van der Waals surface area contributed by atoms with Crippen molar-refractivity contribution >= 4 is 23.5 Å². The minimum Gasteiger partial charge on any atom is -0.437 e. The summed E-state index contributed by atoms with van der Waals surface area (Å²) in [4.78, 5) is 52.2. The zero-order valence-corrected chi connectivity index (χ0v) is 18.9. The second kappa shape index (κ2) is 9.47. The normalized spacial score (nSPS) is 14.4. The predicted octanol–water partition coefficient (Wildman–Crippen LogP) is 5.13. The summed E-state index contributed by atoms with van der Waals surface area (Å²) >= 11 is 0. The molecule has 0 N–H and O–H groups in total. The quantitative estimate of drug-likeness (QED) is 0.324. The van der Waals surface area contributed by atoms with Gasteiger partial charge in [0.25, 0.3) is 5.60 Å². The number of benzene rings is 2. The molecule has 6 nitrogen and oxygen atoms in total. The molecule has 0 aromatic heterocycles. The van der Waals surface area contributed by atoms with Crippen LogP contribution >= 0.6 is 0 Å². The Morgan fingerprint density at radius 1 is 0.875 bits per heavy atom. The van der Waals surface area contributed by atoms with E-state index >= 15 is 0 Å². The van der Waals surface area contributed by atoms with Gasteiger partial charge in [-0.15, -0.1) is 0 Å². The third-order valence-electron chi connectivity index (χ3n) is 5.51. The Morgan fingerprint density at radius 3 is 1.97 bits per heavy atom. The first-order valence-electron chi connectivity index (χ1n) is 11.0. The molecule has 0 fully saturated rings. The Balaban J connectivity index is 2.24. The highest BCUT2D eigenvalue weighted by atomic mass is 16.6.